The zero-order valence-corrected chi connectivity index (χ0v) is 14.6. The number of fused-ring (bicyclic) bond motifs is 1. The van der Waals surface area contributed by atoms with Gasteiger partial charge in [-0.3, -0.25) is 13.9 Å². The lowest BCUT2D eigenvalue weighted by Crippen LogP contribution is -2.43. The van der Waals surface area contributed by atoms with E-state index in [0.717, 1.165) is 9.44 Å². The van der Waals surface area contributed by atoms with Crippen molar-refractivity contribution in [1.82, 2.24) is 9.13 Å². The number of methoxy groups -OCH3 is 1. The van der Waals surface area contributed by atoms with Crippen LogP contribution < -0.4 is 16.6 Å². The predicted molar refractivity (Wildman–Crippen MR) is 91.4 cm³/mol. The molecule has 0 fully saturated rings. The van der Waals surface area contributed by atoms with Gasteiger partial charge in [0.15, 0.2) is 0 Å². The number of aromatic nitrogens is 2. The van der Waals surface area contributed by atoms with Gasteiger partial charge in [-0.25, -0.2) is 9.59 Å². The number of carbonyl (C=O) groups is 1. The Morgan fingerprint density at radius 1 is 1.29 bits per heavy atom. The van der Waals surface area contributed by atoms with Crippen molar-refractivity contribution in [2.75, 3.05) is 12.4 Å². The maximum atomic E-state index is 12.8. The van der Waals surface area contributed by atoms with E-state index in [1.54, 1.807) is 14.0 Å². The summed E-state index contributed by atoms with van der Waals surface area (Å²) in [6.45, 7) is 1.73. The Morgan fingerprint density at radius 3 is 2.58 bits per heavy atom. The molecule has 0 saturated carbocycles. The van der Waals surface area contributed by atoms with Crippen LogP contribution in [0.15, 0.2) is 38.4 Å². The number of nitrogens with one attached hydrogen (secondary N) is 1. The highest BCUT2D eigenvalue weighted by Crippen LogP contribution is 2.41. The van der Waals surface area contributed by atoms with Crippen molar-refractivity contribution in [2.45, 2.75) is 12.8 Å². The molecule has 0 bridgehead atoms. The first-order chi connectivity index (χ1) is 11.4. The summed E-state index contributed by atoms with van der Waals surface area (Å²) in [4.78, 5) is 38.2. The zero-order valence-electron chi connectivity index (χ0n) is 13.7. The van der Waals surface area contributed by atoms with Crippen LogP contribution in [-0.2, 0) is 23.6 Å². The molecule has 2 aromatic heterocycles. The Hall–Kier alpha value is -2.61. The molecule has 126 valence electrons. The number of rotatable bonds is 2. The number of allylic oxidation sites excluding steroid dienone is 1. The van der Waals surface area contributed by atoms with Gasteiger partial charge < -0.3 is 10.1 Å². The summed E-state index contributed by atoms with van der Waals surface area (Å²) >= 11 is 1.45. The number of hydrogen-bond donors (Lipinski definition) is 1. The summed E-state index contributed by atoms with van der Waals surface area (Å²) in [7, 11) is 4.33. The Bertz CT molecular complexity index is 966. The summed E-state index contributed by atoms with van der Waals surface area (Å²) in [6.07, 6.45) is 0. The molecule has 0 radical (unpaired) electrons. The lowest BCUT2D eigenvalue weighted by Gasteiger charge is -2.29. The highest BCUT2D eigenvalue weighted by atomic mass is 32.1. The van der Waals surface area contributed by atoms with Gasteiger partial charge in [0.2, 0.25) is 0 Å². The normalized spacial score (nSPS) is 16.6. The second-order valence-corrected chi connectivity index (χ2v) is 6.55. The minimum Gasteiger partial charge on any atom is -0.466 e. The molecule has 0 saturated heterocycles. The van der Waals surface area contributed by atoms with Gasteiger partial charge in [-0.15, -0.1) is 11.3 Å². The smallest absolute Gasteiger partial charge is 0.336 e. The molecule has 7 nitrogen and oxygen atoms in total. The Morgan fingerprint density at radius 2 is 2.00 bits per heavy atom. The van der Waals surface area contributed by atoms with Crippen LogP contribution in [0.5, 0.6) is 0 Å². The third-order valence-corrected chi connectivity index (χ3v) is 5.16. The molecular formula is C16H17N3O4S. The van der Waals surface area contributed by atoms with E-state index in [-0.39, 0.29) is 0 Å². The Labute approximate surface area is 141 Å². The van der Waals surface area contributed by atoms with Gasteiger partial charge in [-0.2, -0.15) is 0 Å². The molecular weight excluding hydrogens is 330 g/mol. The van der Waals surface area contributed by atoms with Gasteiger partial charge in [0.25, 0.3) is 5.56 Å². The number of nitrogens with zero attached hydrogens (tertiary/aromatic N) is 2. The number of thiophene rings is 1. The number of esters is 1. The van der Waals surface area contributed by atoms with Crippen molar-refractivity contribution in [3.63, 3.8) is 0 Å². The fraction of sp³-hybridized carbons (Fsp3) is 0.312. The maximum Gasteiger partial charge on any atom is 0.336 e. The lowest BCUT2D eigenvalue weighted by atomic mass is 9.86. The van der Waals surface area contributed by atoms with E-state index in [4.69, 9.17) is 4.74 Å². The quantitative estimate of drug-likeness (QED) is 0.824. The van der Waals surface area contributed by atoms with E-state index in [2.05, 4.69) is 5.32 Å². The topological polar surface area (TPSA) is 82.3 Å². The van der Waals surface area contributed by atoms with Crippen molar-refractivity contribution in [2.24, 2.45) is 14.1 Å². The molecule has 0 amide bonds. The van der Waals surface area contributed by atoms with Gasteiger partial charge in [0.05, 0.1) is 24.2 Å². The van der Waals surface area contributed by atoms with Crippen LogP contribution in [0.2, 0.25) is 0 Å². The first-order valence-corrected chi connectivity index (χ1v) is 8.15. The van der Waals surface area contributed by atoms with E-state index in [1.807, 2.05) is 17.5 Å². The molecule has 8 heteroatoms. The highest BCUT2D eigenvalue weighted by molar-refractivity contribution is 7.10. The van der Waals surface area contributed by atoms with Crippen molar-refractivity contribution < 1.29 is 9.53 Å². The van der Waals surface area contributed by atoms with E-state index >= 15 is 0 Å². The van der Waals surface area contributed by atoms with E-state index in [9.17, 15) is 14.4 Å². The molecule has 0 aliphatic carbocycles. The van der Waals surface area contributed by atoms with E-state index in [1.165, 1.54) is 30.1 Å². The van der Waals surface area contributed by atoms with Gasteiger partial charge in [-0.05, 0) is 18.4 Å². The monoisotopic (exact) mass is 347 g/mol. The number of carbonyl (C=O) groups excluding carboxylic acids is 1. The third kappa shape index (κ3) is 2.22. The maximum absolute atomic E-state index is 12.8. The zero-order chi connectivity index (χ0) is 17.6. The highest BCUT2D eigenvalue weighted by Gasteiger charge is 2.37. The summed E-state index contributed by atoms with van der Waals surface area (Å²) in [6, 6.07) is 3.73. The fourth-order valence-corrected chi connectivity index (χ4v) is 3.85. The molecule has 1 N–H and O–H groups in total. The minimum absolute atomic E-state index is 0.369. The van der Waals surface area contributed by atoms with E-state index < -0.39 is 23.1 Å². The predicted octanol–water partition coefficient (Wildman–Crippen LogP) is 1.15. The number of hydrogen-bond acceptors (Lipinski definition) is 6. The molecule has 1 aliphatic heterocycles. The van der Waals surface area contributed by atoms with E-state index in [0.29, 0.717) is 22.7 Å². The van der Waals surface area contributed by atoms with Crippen LogP contribution >= 0.6 is 11.3 Å². The van der Waals surface area contributed by atoms with Crippen LogP contribution in [0.4, 0.5) is 5.82 Å². The van der Waals surface area contributed by atoms with Crippen molar-refractivity contribution in [1.29, 1.82) is 0 Å². The Kier molecular flexibility index (Phi) is 3.92. The molecule has 0 aromatic carbocycles. The Balaban J connectivity index is 2.41. The summed E-state index contributed by atoms with van der Waals surface area (Å²) in [5.41, 5.74) is 0.464. The number of ether oxygens (including phenoxy) is 1. The van der Waals surface area contributed by atoms with Gasteiger partial charge in [0, 0.05) is 24.7 Å². The van der Waals surface area contributed by atoms with Gasteiger partial charge in [0.1, 0.15) is 5.82 Å². The van der Waals surface area contributed by atoms with Crippen LogP contribution in [0.3, 0.4) is 0 Å². The molecule has 0 unspecified atom stereocenters. The fourth-order valence-electron chi connectivity index (χ4n) is 3.01. The average molecular weight is 347 g/mol. The van der Waals surface area contributed by atoms with Crippen LogP contribution in [-0.4, -0.2) is 22.2 Å². The van der Waals surface area contributed by atoms with Crippen molar-refractivity contribution >= 4 is 23.1 Å². The third-order valence-electron chi connectivity index (χ3n) is 4.22. The molecule has 24 heavy (non-hydrogen) atoms. The lowest BCUT2D eigenvalue weighted by molar-refractivity contribution is -0.136. The molecule has 0 spiro atoms. The number of anilines is 1. The summed E-state index contributed by atoms with van der Waals surface area (Å²) in [5, 5.41) is 4.91. The molecule has 2 aromatic rings. The summed E-state index contributed by atoms with van der Waals surface area (Å²) < 4.78 is 7.35. The molecule has 3 rings (SSSR count). The standard InChI is InChI=1S/C16H17N3O4S/c1-8-10(15(21)23-4)11(9-6-5-7-24-9)12-13(17-8)18(2)16(22)19(3)14(12)20/h5-7,11,17H,1-4H3/t11-/m0/s1. The molecule has 3 heterocycles. The van der Waals surface area contributed by atoms with Gasteiger partial charge in [-0.1, -0.05) is 6.07 Å². The largest absolute Gasteiger partial charge is 0.466 e. The van der Waals surface area contributed by atoms with Gasteiger partial charge >= 0.3 is 11.7 Å². The van der Waals surface area contributed by atoms with Crippen molar-refractivity contribution in [3.8, 4) is 0 Å². The van der Waals surface area contributed by atoms with Crippen LogP contribution in [0, 0.1) is 0 Å². The average Bonchev–Trinajstić information content (AvgIpc) is 3.10. The van der Waals surface area contributed by atoms with Crippen LogP contribution in [0.1, 0.15) is 23.3 Å². The second kappa shape index (κ2) is 5.79. The van der Waals surface area contributed by atoms with Crippen LogP contribution in [0.25, 0.3) is 0 Å². The first-order valence-electron chi connectivity index (χ1n) is 7.27. The second-order valence-electron chi connectivity index (χ2n) is 5.57. The molecule has 1 aliphatic rings. The summed E-state index contributed by atoms with van der Waals surface area (Å²) in [5.74, 6) is -0.661. The first kappa shape index (κ1) is 16.3. The molecule has 1 atom stereocenters. The SMILES string of the molecule is COC(=O)C1=C(C)Nc2c(c(=O)n(C)c(=O)n2C)[C@H]1c1cccs1. The minimum atomic E-state index is -0.570. The van der Waals surface area contributed by atoms with Crippen molar-refractivity contribution in [3.05, 3.63) is 60.1 Å².